The molecule has 0 unspecified atom stereocenters. The fourth-order valence-electron chi connectivity index (χ4n) is 2.10. The van der Waals surface area contributed by atoms with Crippen LogP contribution in [0.2, 0.25) is 0 Å². The second-order valence-corrected chi connectivity index (χ2v) is 6.35. The lowest BCUT2D eigenvalue weighted by molar-refractivity contribution is 0.0680. The van der Waals surface area contributed by atoms with Gasteiger partial charge in [-0.15, -0.1) is 0 Å². The SMILES string of the molecule is CCCCCCC(C)(C)O.c1ccc(Oc2ccccc2)cc1. The number of para-hydroxylation sites is 2. The summed E-state index contributed by atoms with van der Waals surface area (Å²) in [6.45, 7) is 5.95. The van der Waals surface area contributed by atoms with Gasteiger partial charge < -0.3 is 9.84 Å². The van der Waals surface area contributed by atoms with E-state index in [2.05, 4.69) is 6.92 Å². The van der Waals surface area contributed by atoms with Crippen LogP contribution in [0.25, 0.3) is 0 Å². The normalized spacial score (nSPS) is 10.6. The molecule has 2 aromatic carbocycles. The molecule has 0 aliphatic rings. The van der Waals surface area contributed by atoms with E-state index in [1.807, 2.05) is 74.5 Å². The van der Waals surface area contributed by atoms with Crippen molar-refractivity contribution < 1.29 is 9.84 Å². The fourth-order valence-corrected chi connectivity index (χ4v) is 2.10. The van der Waals surface area contributed by atoms with Crippen molar-refractivity contribution in [2.24, 2.45) is 0 Å². The molecule has 0 aliphatic heterocycles. The number of hydrogen-bond donors (Lipinski definition) is 1. The minimum Gasteiger partial charge on any atom is -0.457 e. The fraction of sp³-hybridized carbons (Fsp3) is 0.429. The summed E-state index contributed by atoms with van der Waals surface area (Å²) in [4.78, 5) is 0. The molecule has 126 valence electrons. The third kappa shape index (κ3) is 10.5. The maximum Gasteiger partial charge on any atom is 0.127 e. The Bertz CT molecular complexity index is 463. The second kappa shape index (κ2) is 10.8. The lowest BCUT2D eigenvalue weighted by atomic mass is 10.0. The number of unbranched alkanes of at least 4 members (excludes halogenated alkanes) is 3. The van der Waals surface area contributed by atoms with Gasteiger partial charge in [0.25, 0.3) is 0 Å². The van der Waals surface area contributed by atoms with Gasteiger partial charge in [0.05, 0.1) is 5.60 Å². The molecule has 2 heteroatoms. The van der Waals surface area contributed by atoms with Crippen LogP contribution in [0.15, 0.2) is 60.7 Å². The first kappa shape index (κ1) is 19.2. The molecule has 2 rings (SSSR count). The highest BCUT2D eigenvalue weighted by molar-refractivity contribution is 5.30. The summed E-state index contributed by atoms with van der Waals surface area (Å²) in [6.07, 6.45) is 5.94. The van der Waals surface area contributed by atoms with E-state index in [1.165, 1.54) is 19.3 Å². The van der Waals surface area contributed by atoms with E-state index < -0.39 is 5.60 Å². The number of hydrogen-bond acceptors (Lipinski definition) is 2. The van der Waals surface area contributed by atoms with Gasteiger partial charge in [0, 0.05) is 0 Å². The minimum absolute atomic E-state index is 0.451. The molecule has 0 aliphatic carbocycles. The van der Waals surface area contributed by atoms with Crippen LogP contribution in [0, 0.1) is 0 Å². The van der Waals surface area contributed by atoms with Gasteiger partial charge in [-0.3, -0.25) is 0 Å². The van der Waals surface area contributed by atoms with E-state index in [0.717, 1.165) is 24.3 Å². The predicted molar refractivity (Wildman–Crippen MR) is 98.0 cm³/mol. The monoisotopic (exact) mass is 314 g/mol. The Hall–Kier alpha value is -1.80. The van der Waals surface area contributed by atoms with Gasteiger partial charge in [0.2, 0.25) is 0 Å². The average molecular weight is 314 g/mol. The van der Waals surface area contributed by atoms with Gasteiger partial charge >= 0.3 is 0 Å². The van der Waals surface area contributed by atoms with Gasteiger partial charge in [-0.25, -0.2) is 0 Å². The Balaban J connectivity index is 0.000000241. The molecule has 0 radical (unpaired) electrons. The quantitative estimate of drug-likeness (QED) is 0.616. The summed E-state index contributed by atoms with van der Waals surface area (Å²) in [5, 5.41) is 9.32. The summed E-state index contributed by atoms with van der Waals surface area (Å²) >= 11 is 0. The molecule has 2 nitrogen and oxygen atoms in total. The standard InChI is InChI=1S/C12H10O.C9H20O/c1-3-7-11(8-4-1)13-12-9-5-2-6-10-12;1-4-5-6-7-8-9(2,3)10/h1-10H;10H,4-8H2,1-3H3. The predicted octanol–water partition coefficient (Wildman–Crippen LogP) is 6.21. The first-order chi connectivity index (χ1) is 11.0. The Morgan fingerprint density at radius 3 is 1.65 bits per heavy atom. The van der Waals surface area contributed by atoms with Crippen LogP contribution < -0.4 is 4.74 Å². The lowest BCUT2D eigenvalue weighted by Crippen LogP contribution is -2.17. The van der Waals surface area contributed by atoms with E-state index in [9.17, 15) is 5.11 Å². The van der Waals surface area contributed by atoms with Crippen molar-refractivity contribution in [3.05, 3.63) is 60.7 Å². The topological polar surface area (TPSA) is 29.5 Å². The highest BCUT2D eigenvalue weighted by atomic mass is 16.5. The van der Waals surface area contributed by atoms with E-state index >= 15 is 0 Å². The van der Waals surface area contributed by atoms with E-state index in [0.29, 0.717) is 0 Å². The Labute approximate surface area is 141 Å². The molecule has 0 atom stereocenters. The molecule has 1 N–H and O–H groups in total. The molecule has 0 spiro atoms. The molecular weight excluding hydrogens is 284 g/mol. The number of aliphatic hydroxyl groups is 1. The highest BCUT2D eigenvalue weighted by Gasteiger charge is 2.10. The van der Waals surface area contributed by atoms with Crippen LogP contribution in [0.5, 0.6) is 11.5 Å². The summed E-state index contributed by atoms with van der Waals surface area (Å²) in [7, 11) is 0. The van der Waals surface area contributed by atoms with Crippen molar-refractivity contribution in [3.8, 4) is 11.5 Å². The molecule has 0 saturated carbocycles. The van der Waals surface area contributed by atoms with Crippen molar-refractivity contribution in [1.82, 2.24) is 0 Å². The Kier molecular flexibility index (Phi) is 9.08. The molecular formula is C21H30O2. The van der Waals surface area contributed by atoms with E-state index in [1.54, 1.807) is 0 Å². The molecule has 2 aromatic rings. The van der Waals surface area contributed by atoms with Crippen molar-refractivity contribution in [3.63, 3.8) is 0 Å². The molecule has 0 fully saturated rings. The summed E-state index contributed by atoms with van der Waals surface area (Å²) < 4.78 is 5.58. The third-order valence-corrected chi connectivity index (χ3v) is 3.36. The molecule has 0 bridgehead atoms. The Morgan fingerprint density at radius 1 is 0.783 bits per heavy atom. The summed E-state index contributed by atoms with van der Waals surface area (Å²) in [6, 6.07) is 19.5. The lowest BCUT2D eigenvalue weighted by Gasteiger charge is -2.15. The van der Waals surface area contributed by atoms with Gasteiger partial charge in [-0.05, 0) is 44.5 Å². The minimum atomic E-state index is -0.451. The van der Waals surface area contributed by atoms with Gasteiger partial charge in [0.15, 0.2) is 0 Å². The van der Waals surface area contributed by atoms with Crippen LogP contribution in [0.1, 0.15) is 52.9 Å². The third-order valence-electron chi connectivity index (χ3n) is 3.36. The van der Waals surface area contributed by atoms with Crippen LogP contribution in [-0.2, 0) is 0 Å². The largest absolute Gasteiger partial charge is 0.457 e. The maximum atomic E-state index is 9.32. The Morgan fingerprint density at radius 2 is 1.26 bits per heavy atom. The van der Waals surface area contributed by atoms with Crippen LogP contribution in [0.3, 0.4) is 0 Å². The molecule has 0 aromatic heterocycles. The van der Waals surface area contributed by atoms with Crippen molar-refractivity contribution in [1.29, 1.82) is 0 Å². The van der Waals surface area contributed by atoms with E-state index in [4.69, 9.17) is 4.74 Å². The maximum absolute atomic E-state index is 9.32. The van der Waals surface area contributed by atoms with Gasteiger partial charge in [0.1, 0.15) is 11.5 Å². The zero-order chi connectivity index (χ0) is 17.0. The zero-order valence-electron chi connectivity index (χ0n) is 14.7. The molecule has 0 saturated heterocycles. The van der Waals surface area contributed by atoms with Crippen molar-refractivity contribution in [2.45, 2.75) is 58.5 Å². The van der Waals surface area contributed by atoms with Crippen LogP contribution in [-0.4, -0.2) is 10.7 Å². The summed E-state index contributed by atoms with van der Waals surface area (Å²) in [5.41, 5.74) is -0.451. The first-order valence-electron chi connectivity index (χ1n) is 8.51. The van der Waals surface area contributed by atoms with Crippen molar-refractivity contribution >= 4 is 0 Å². The van der Waals surface area contributed by atoms with Crippen molar-refractivity contribution in [2.75, 3.05) is 0 Å². The zero-order valence-corrected chi connectivity index (χ0v) is 14.7. The smallest absolute Gasteiger partial charge is 0.127 e. The molecule has 23 heavy (non-hydrogen) atoms. The molecule has 0 amide bonds. The van der Waals surface area contributed by atoms with Crippen LogP contribution in [0.4, 0.5) is 0 Å². The number of rotatable bonds is 7. The molecule has 0 heterocycles. The highest BCUT2D eigenvalue weighted by Crippen LogP contribution is 2.19. The van der Waals surface area contributed by atoms with Gasteiger partial charge in [-0.1, -0.05) is 69.0 Å². The van der Waals surface area contributed by atoms with E-state index in [-0.39, 0.29) is 0 Å². The average Bonchev–Trinajstić information content (AvgIpc) is 2.53. The first-order valence-corrected chi connectivity index (χ1v) is 8.51. The summed E-state index contributed by atoms with van der Waals surface area (Å²) in [5.74, 6) is 1.74. The van der Waals surface area contributed by atoms with Gasteiger partial charge in [-0.2, -0.15) is 0 Å². The second-order valence-electron chi connectivity index (χ2n) is 6.35. The number of benzene rings is 2. The van der Waals surface area contributed by atoms with Crippen LogP contribution >= 0.6 is 0 Å². The number of ether oxygens (including phenoxy) is 1.